The SMILES string of the molecule is C[C@H](CO)N1C[C@H](C)[C@@H](CN(C)C(=O)Nc2ccc(F)cc2)OCCCC[C@H](C)Oc2ccc(NC(=O)C3CCCCC3)cc2C1=O. The summed E-state index contributed by atoms with van der Waals surface area (Å²) in [5.41, 5.74) is 1.32. The predicted molar refractivity (Wildman–Crippen MR) is 180 cm³/mol. The largest absolute Gasteiger partial charge is 0.490 e. The Morgan fingerprint density at radius 2 is 1.68 bits per heavy atom. The molecule has 4 atom stereocenters. The molecule has 2 aromatic carbocycles. The van der Waals surface area contributed by atoms with Crippen LogP contribution in [0.3, 0.4) is 0 Å². The van der Waals surface area contributed by atoms with Gasteiger partial charge >= 0.3 is 6.03 Å². The van der Waals surface area contributed by atoms with E-state index < -0.39 is 18.0 Å². The van der Waals surface area contributed by atoms with Crippen LogP contribution in [0.1, 0.15) is 82.5 Å². The fourth-order valence-electron chi connectivity index (χ4n) is 6.18. The molecule has 258 valence electrons. The normalized spacial score (nSPS) is 22.3. The Balaban J connectivity index is 1.57. The average molecular weight is 655 g/mol. The molecule has 4 amide bonds. The standard InChI is InChI=1S/C36H51FN4O6/c1-24-21-41(25(2)23-42)35(44)31-20-30(38-34(43)27-11-6-5-7-12-27)17-18-32(31)47-26(3)10-8-9-19-46-33(24)22-40(4)36(45)39-29-15-13-28(37)14-16-29/h13-18,20,24-27,33,42H,5-12,19,21-23H2,1-4H3,(H,38,43)(H,39,45)/t24-,25+,26-,33+/m0/s1. The topological polar surface area (TPSA) is 120 Å². The van der Waals surface area contributed by atoms with Crippen LogP contribution in [0.2, 0.25) is 0 Å². The Morgan fingerprint density at radius 3 is 2.38 bits per heavy atom. The fraction of sp³-hybridized carbons (Fsp3) is 0.583. The van der Waals surface area contributed by atoms with Gasteiger partial charge in [0.05, 0.1) is 30.4 Å². The van der Waals surface area contributed by atoms with E-state index in [1.54, 1.807) is 37.1 Å². The smallest absolute Gasteiger partial charge is 0.321 e. The minimum absolute atomic E-state index is 0.0333. The summed E-state index contributed by atoms with van der Waals surface area (Å²) in [4.78, 5) is 43.6. The van der Waals surface area contributed by atoms with Crippen molar-refractivity contribution in [2.75, 3.05) is 44.0 Å². The average Bonchev–Trinajstić information content (AvgIpc) is 3.07. The van der Waals surface area contributed by atoms with Crippen LogP contribution < -0.4 is 15.4 Å². The van der Waals surface area contributed by atoms with Gasteiger partial charge in [0.25, 0.3) is 5.91 Å². The molecule has 10 nitrogen and oxygen atoms in total. The van der Waals surface area contributed by atoms with E-state index in [4.69, 9.17) is 9.47 Å². The first kappa shape index (κ1) is 36.1. The number of urea groups is 1. The lowest BCUT2D eigenvalue weighted by Gasteiger charge is -2.35. The van der Waals surface area contributed by atoms with Crippen molar-refractivity contribution in [2.24, 2.45) is 11.8 Å². The third-order valence-corrected chi connectivity index (χ3v) is 9.19. The number of carbonyl (C=O) groups excluding carboxylic acids is 3. The highest BCUT2D eigenvalue weighted by Gasteiger charge is 2.31. The highest BCUT2D eigenvalue weighted by Crippen LogP contribution is 2.30. The molecule has 2 aliphatic rings. The molecule has 1 heterocycles. The number of hydrogen-bond donors (Lipinski definition) is 3. The van der Waals surface area contributed by atoms with Gasteiger partial charge in [-0.3, -0.25) is 9.59 Å². The minimum Gasteiger partial charge on any atom is -0.490 e. The van der Waals surface area contributed by atoms with Crippen molar-refractivity contribution < 1.29 is 33.4 Å². The van der Waals surface area contributed by atoms with Crippen molar-refractivity contribution in [1.29, 1.82) is 0 Å². The minimum atomic E-state index is -0.524. The van der Waals surface area contributed by atoms with Crippen molar-refractivity contribution in [3.05, 3.63) is 53.8 Å². The summed E-state index contributed by atoms with van der Waals surface area (Å²) >= 11 is 0. The highest BCUT2D eigenvalue weighted by molar-refractivity contribution is 6.00. The number of aliphatic hydroxyl groups excluding tert-OH is 1. The predicted octanol–water partition coefficient (Wildman–Crippen LogP) is 6.30. The maximum atomic E-state index is 14.3. The lowest BCUT2D eigenvalue weighted by Crippen LogP contribution is -2.48. The summed E-state index contributed by atoms with van der Waals surface area (Å²) in [5, 5.41) is 16.0. The molecule has 1 aliphatic heterocycles. The molecule has 11 heteroatoms. The number of aliphatic hydroxyl groups is 1. The summed E-state index contributed by atoms with van der Waals surface area (Å²) in [7, 11) is 1.66. The summed E-state index contributed by atoms with van der Waals surface area (Å²) < 4.78 is 26.0. The van der Waals surface area contributed by atoms with Crippen LogP contribution in [0.25, 0.3) is 0 Å². The van der Waals surface area contributed by atoms with Crippen LogP contribution >= 0.6 is 0 Å². The Kier molecular flexibility index (Phi) is 13.4. The molecule has 0 radical (unpaired) electrons. The zero-order chi connectivity index (χ0) is 33.9. The van der Waals surface area contributed by atoms with E-state index in [0.717, 1.165) is 51.4 Å². The summed E-state index contributed by atoms with van der Waals surface area (Å²) in [6.45, 7) is 6.42. The first-order valence-electron chi connectivity index (χ1n) is 17.0. The molecule has 4 rings (SSSR count). The third-order valence-electron chi connectivity index (χ3n) is 9.19. The third kappa shape index (κ3) is 10.4. The number of hydrogen-bond acceptors (Lipinski definition) is 6. The van der Waals surface area contributed by atoms with Gasteiger partial charge in [-0.25, -0.2) is 9.18 Å². The number of rotatable bonds is 7. The summed E-state index contributed by atoms with van der Waals surface area (Å²) in [6, 6.07) is 9.87. The van der Waals surface area contributed by atoms with E-state index in [1.165, 1.54) is 29.2 Å². The fourth-order valence-corrected chi connectivity index (χ4v) is 6.18. The Labute approximate surface area is 278 Å². The van der Waals surface area contributed by atoms with Gasteiger partial charge in [-0.05, 0) is 88.4 Å². The Bertz CT molecular complexity index is 1340. The molecule has 2 aromatic rings. The van der Waals surface area contributed by atoms with Crippen molar-refractivity contribution >= 4 is 29.2 Å². The second-order valence-corrected chi connectivity index (χ2v) is 13.2. The molecule has 0 saturated heterocycles. The molecule has 47 heavy (non-hydrogen) atoms. The number of benzene rings is 2. The second-order valence-electron chi connectivity index (χ2n) is 13.2. The second kappa shape index (κ2) is 17.5. The molecule has 0 aromatic heterocycles. The number of halogens is 1. The van der Waals surface area contributed by atoms with E-state index >= 15 is 0 Å². The molecule has 3 N–H and O–H groups in total. The lowest BCUT2D eigenvalue weighted by molar-refractivity contribution is -0.120. The first-order chi connectivity index (χ1) is 22.5. The van der Waals surface area contributed by atoms with Crippen molar-refractivity contribution in [3.8, 4) is 5.75 Å². The van der Waals surface area contributed by atoms with Crippen LogP contribution in [0, 0.1) is 17.7 Å². The maximum absolute atomic E-state index is 14.3. The van der Waals surface area contributed by atoms with E-state index in [2.05, 4.69) is 10.6 Å². The van der Waals surface area contributed by atoms with Crippen LogP contribution in [0.4, 0.5) is 20.6 Å². The summed E-state index contributed by atoms with van der Waals surface area (Å²) in [5.74, 6) is -0.582. The van der Waals surface area contributed by atoms with E-state index in [9.17, 15) is 23.9 Å². The van der Waals surface area contributed by atoms with E-state index in [-0.39, 0.29) is 55.5 Å². The number of nitrogens with one attached hydrogen (secondary N) is 2. The van der Waals surface area contributed by atoms with Crippen molar-refractivity contribution in [3.63, 3.8) is 0 Å². The molecule has 1 saturated carbocycles. The molecule has 0 bridgehead atoms. The number of amides is 4. The van der Waals surface area contributed by atoms with Gasteiger partial charge in [0.15, 0.2) is 0 Å². The molecule has 0 unspecified atom stereocenters. The zero-order valence-corrected chi connectivity index (χ0v) is 28.2. The van der Waals surface area contributed by atoms with Gasteiger partial charge in [0.1, 0.15) is 11.6 Å². The van der Waals surface area contributed by atoms with Gasteiger partial charge < -0.3 is 35.0 Å². The van der Waals surface area contributed by atoms with Crippen LogP contribution in [-0.2, 0) is 9.53 Å². The molecule has 1 aliphatic carbocycles. The quantitative estimate of drug-likeness (QED) is 0.322. The highest BCUT2D eigenvalue weighted by atomic mass is 19.1. The Morgan fingerprint density at radius 1 is 1.00 bits per heavy atom. The van der Waals surface area contributed by atoms with Crippen LogP contribution in [-0.4, -0.2) is 84.4 Å². The number of fused-ring (bicyclic) bond motifs is 1. The van der Waals surface area contributed by atoms with Gasteiger partial charge in [-0.1, -0.05) is 26.2 Å². The lowest BCUT2D eigenvalue weighted by atomic mass is 9.88. The number of likely N-dealkylation sites (N-methyl/N-ethyl adjacent to an activating group) is 1. The molecular formula is C36H51FN4O6. The number of anilines is 2. The molecule has 1 fully saturated rings. The monoisotopic (exact) mass is 654 g/mol. The molecular weight excluding hydrogens is 603 g/mol. The number of carbonyl (C=O) groups is 3. The van der Waals surface area contributed by atoms with Crippen LogP contribution in [0.5, 0.6) is 5.75 Å². The van der Waals surface area contributed by atoms with Crippen molar-refractivity contribution in [1.82, 2.24) is 9.80 Å². The van der Waals surface area contributed by atoms with E-state index in [0.29, 0.717) is 29.3 Å². The zero-order valence-electron chi connectivity index (χ0n) is 28.2. The van der Waals surface area contributed by atoms with Gasteiger partial charge in [0.2, 0.25) is 5.91 Å². The van der Waals surface area contributed by atoms with Gasteiger partial charge in [-0.2, -0.15) is 0 Å². The van der Waals surface area contributed by atoms with Gasteiger partial charge in [0, 0.05) is 50.0 Å². The number of ether oxygens (including phenoxy) is 2. The molecule has 0 spiro atoms. The number of nitrogens with zero attached hydrogens (tertiary/aromatic N) is 2. The summed E-state index contributed by atoms with van der Waals surface area (Å²) in [6.07, 6.45) is 6.74. The Hall–Kier alpha value is -3.70. The maximum Gasteiger partial charge on any atom is 0.321 e. The van der Waals surface area contributed by atoms with Gasteiger partial charge in [-0.15, -0.1) is 0 Å². The van der Waals surface area contributed by atoms with Crippen LogP contribution in [0.15, 0.2) is 42.5 Å². The van der Waals surface area contributed by atoms with E-state index in [1.807, 2.05) is 13.8 Å². The van der Waals surface area contributed by atoms with Crippen molar-refractivity contribution in [2.45, 2.75) is 90.4 Å². The first-order valence-corrected chi connectivity index (χ1v) is 17.0.